The van der Waals surface area contributed by atoms with Crippen LogP contribution in [0.1, 0.15) is 23.6 Å². The molecule has 0 spiro atoms. The molecule has 0 atom stereocenters. The fourth-order valence-corrected chi connectivity index (χ4v) is 3.30. The summed E-state index contributed by atoms with van der Waals surface area (Å²) in [7, 11) is 0. The third kappa shape index (κ3) is 2.71. The first-order valence-corrected chi connectivity index (χ1v) is 7.78. The molecule has 6 heteroatoms. The summed E-state index contributed by atoms with van der Waals surface area (Å²) < 4.78 is 5.42. The van der Waals surface area contributed by atoms with Gasteiger partial charge in [-0.2, -0.15) is 5.26 Å². The Morgan fingerprint density at radius 1 is 1.29 bits per heavy atom. The molecule has 2 aliphatic rings. The molecule has 21 heavy (non-hydrogen) atoms. The number of anilines is 1. The molecule has 0 bridgehead atoms. The molecule has 5 nitrogen and oxygen atoms in total. The van der Waals surface area contributed by atoms with Crippen molar-refractivity contribution < 1.29 is 4.74 Å². The number of morpholine rings is 1. The highest BCUT2D eigenvalue weighted by Gasteiger charge is 2.27. The van der Waals surface area contributed by atoms with Gasteiger partial charge in [-0.25, -0.2) is 4.98 Å². The highest BCUT2D eigenvalue weighted by molar-refractivity contribution is 6.30. The molecule has 0 unspecified atom stereocenters. The van der Waals surface area contributed by atoms with Gasteiger partial charge in [0.1, 0.15) is 17.0 Å². The number of likely N-dealkylation sites (N-methyl/N-ethyl adjacent to an activating group) is 1. The smallest absolute Gasteiger partial charge is 0.149 e. The molecule has 0 amide bonds. The van der Waals surface area contributed by atoms with Crippen LogP contribution in [0.25, 0.3) is 0 Å². The number of rotatable bonds is 2. The lowest BCUT2D eigenvalue weighted by molar-refractivity contribution is 0.122. The molecule has 0 saturated carbocycles. The van der Waals surface area contributed by atoms with Crippen LogP contribution in [0.2, 0.25) is 5.15 Å². The van der Waals surface area contributed by atoms with Crippen LogP contribution in [-0.2, 0) is 17.7 Å². The van der Waals surface area contributed by atoms with Gasteiger partial charge in [-0.1, -0.05) is 18.5 Å². The van der Waals surface area contributed by atoms with Crippen LogP contribution >= 0.6 is 11.6 Å². The second-order valence-corrected chi connectivity index (χ2v) is 5.75. The summed E-state index contributed by atoms with van der Waals surface area (Å²) >= 11 is 6.25. The van der Waals surface area contributed by atoms with Gasteiger partial charge in [0, 0.05) is 31.7 Å². The number of pyridine rings is 1. The Bertz CT molecular complexity index is 578. The van der Waals surface area contributed by atoms with Crippen LogP contribution in [-0.4, -0.2) is 49.3 Å². The Morgan fingerprint density at radius 2 is 2.05 bits per heavy atom. The predicted octanol–water partition coefficient (Wildman–Crippen LogP) is 1.82. The average molecular weight is 307 g/mol. The summed E-state index contributed by atoms with van der Waals surface area (Å²) in [6, 6.07) is 2.23. The summed E-state index contributed by atoms with van der Waals surface area (Å²) in [6.45, 7) is 8.07. The average Bonchev–Trinajstić information content (AvgIpc) is 2.54. The number of hydrogen-bond acceptors (Lipinski definition) is 5. The van der Waals surface area contributed by atoms with Crippen LogP contribution in [0.3, 0.4) is 0 Å². The minimum Gasteiger partial charge on any atom is -0.378 e. The van der Waals surface area contributed by atoms with E-state index in [0.717, 1.165) is 50.5 Å². The van der Waals surface area contributed by atoms with E-state index in [-0.39, 0.29) is 0 Å². The zero-order valence-electron chi connectivity index (χ0n) is 12.2. The third-order valence-electron chi connectivity index (χ3n) is 4.28. The minimum atomic E-state index is 0.336. The second kappa shape index (κ2) is 6.18. The highest BCUT2D eigenvalue weighted by Crippen LogP contribution is 2.33. The number of hydrogen-bond donors (Lipinski definition) is 0. The highest BCUT2D eigenvalue weighted by atomic mass is 35.5. The number of ether oxygens (including phenoxy) is 1. The molecular weight excluding hydrogens is 288 g/mol. The van der Waals surface area contributed by atoms with E-state index in [2.05, 4.69) is 27.8 Å². The van der Waals surface area contributed by atoms with Gasteiger partial charge >= 0.3 is 0 Å². The fourth-order valence-electron chi connectivity index (χ4n) is 3.06. The van der Waals surface area contributed by atoms with E-state index < -0.39 is 0 Å². The van der Waals surface area contributed by atoms with Crippen LogP contribution in [0.15, 0.2) is 0 Å². The Hall–Kier alpha value is -1.35. The quantitative estimate of drug-likeness (QED) is 0.780. The zero-order valence-corrected chi connectivity index (χ0v) is 13.0. The minimum absolute atomic E-state index is 0.336. The van der Waals surface area contributed by atoms with Crippen molar-refractivity contribution in [2.24, 2.45) is 0 Å². The SMILES string of the molecule is CCN1CCc2c(C#N)c(Cl)nc(N3CCOCC3)c2C1. The maximum atomic E-state index is 9.38. The molecule has 0 aliphatic carbocycles. The first kappa shape index (κ1) is 14.6. The van der Waals surface area contributed by atoms with E-state index >= 15 is 0 Å². The first-order chi connectivity index (χ1) is 10.2. The predicted molar refractivity (Wildman–Crippen MR) is 81.6 cm³/mol. The molecule has 0 aromatic carbocycles. The van der Waals surface area contributed by atoms with Gasteiger partial charge in [-0.15, -0.1) is 0 Å². The van der Waals surface area contributed by atoms with Crippen molar-refractivity contribution in [2.75, 3.05) is 44.3 Å². The van der Waals surface area contributed by atoms with E-state index in [4.69, 9.17) is 16.3 Å². The molecule has 3 rings (SSSR count). The first-order valence-electron chi connectivity index (χ1n) is 7.41. The molecule has 1 aromatic heterocycles. The zero-order chi connectivity index (χ0) is 14.8. The van der Waals surface area contributed by atoms with E-state index in [0.29, 0.717) is 23.9 Å². The van der Waals surface area contributed by atoms with E-state index in [1.165, 1.54) is 5.56 Å². The Labute approximate surface area is 130 Å². The molecule has 1 aromatic rings. The van der Waals surface area contributed by atoms with Crippen LogP contribution in [0.5, 0.6) is 0 Å². The number of aromatic nitrogens is 1. The van der Waals surface area contributed by atoms with E-state index in [9.17, 15) is 5.26 Å². The molecule has 3 heterocycles. The maximum absolute atomic E-state index is 9.38. The number of fused-ring (bicyclic) bond motifs is 1. The van der Waals surface area contributed by atoms with Gasteiger partial charge in [0.2, 0.25) is 0 Å². The molecule has 0 N–H and O–H groups in total. The van der Waals surface area contributed by atoms with Gasteiger partial charge in [0.25, 0.3) is 0 Å². The summed E-state index contributed by atoms with van der Waals surface area (Å²) in [6.07, 6.45) is 0.867. The number of halogens is 1. The third-order valence-corrected chi connectivity index (χ3v) is 4.55. The number of nitriles is 1. The van der Waals surface area contributed by atoms with Crippen molar-refractivity contribution >= 4 is 17.4 Å². The Morgan fingerprint density at radius 3 is 2.71 bits per heavy atom. The maximum Gasteiger partial charge on any atom is 0.149 e. The molecule has 1 fully saturated rings. The van der Waals surface area contributed by atoms with Crippen molar-refractivity contribution in [3.8, 4) is 6.07 Å². The summed E-state index contributed by atoms with van der Waals surface area (Å²) in [5.41, 5.74) is 2.81. The van der Waals surface area contributed by atoms with Crippen LogP contribution < -0.4 is 4.90 Å². The van der Waals surface area contributed by atoms with E-state index in [1.54, 1.807) is 0 Å². The fraction of sp³-hybridized carbons (Fsp3) is 0.600. The monoisotopic (exact) mass is 306 g/mol. The van der Waals surface area contributed by atoms with E-state index in [1.807, 2.05) is 0 Å². The lowest BCUT2D eigenvalue weighted by Crippen LogP contribution is -2.39. The van der Waals surface area contributed by atoms with Gasteiger partial charge < -0.3 is 9.64 Å². The van der Waals surface area contributed by atoms with Gasteiger partial charge in [-0.3, -0.25) is 4.90 Å². The number of nitrogens with zero attached hydrogens (tertiary/aromatic N) is 4. The Kier molecular flexibility index (Phi) is 4.29. The van der Waals surface area contributed by atoms with Crippen molar-refractivity contribution in [1.82, 2.24) is 9.88 Å². The second-order valence-electron chi connectivity index (χ2n) is 5.39. The summed E-state index contributed by atoms with van der Waals surface area (Å²) in [5.74, 6) is 0.940. The van der Waals surface area contributed by atoms with Gasteiger partial charge in [-0.05, 0) is 18.5 Å². The van der Waals surface area contributed by atoms with Crippen LogP contribution in [0, 0.1) is 11.3 Å². The van der Waals surface area contributed by atoms with Crippen molar-refractivity contribution in [1.29, 1.82) is 5.26 Å². The van der Waals surface area contributed by atoms with Gasteiger partial charge in [0.05, 0.1) is 18.8 Å². The molecule has 0 radical (unpaired) electrons. The van der Waals surface area contributed by atoms with Crippen molar-refractivity contribution in [3.63, 3.8) is 0 Å². The van der Waals surface area contributed by atoms with Crippen LogP contribution in [0.4, 0.5) is 5.82 Å². The molecule has 112 valence electrons. The standard InChI is InChI=1S/C15H19ClN4O/c1-2-19-4-3-11-12(9-17)14(16)18-15(13(11)10-19)20-5-7-21-8-6-20/h2-8,10H2,1H3. The van der Waals surface area contributed by atoms with Gasteiger partial charge in [0.15, 0.2) is 0 Å². The van der Waals surface area contributed by atoms with Crippen molar-refractivity contribution in [2.45, 2.75) is 19.9 Å². The normalized spacial score (nSPS) is 19.2. The lowest BCUT2D eigenvalue weighted by atomic mass is 9.96. The largest absolute Gasteiger partial charge is 0.378 e. The Balaban J connectivity index is 2.07. The molecular formula is C15H19ClN4O. The molecule has 2 aliphatic heterocycles. The summed E-state index contributed by atoms with van der Waals surface area (Å²) in [4.78, 5) is 9.14. The summed E-state index contributed by atoms with van der Waals surface area (Å²) in [5, 5.41) is 9.71. The molecule has 1 saturated heterocycles. The lowest BCUT2D eigenvalue weighted by Gasteiger charge is -2.35. The van der Waals surface area contributed by atoms with Crippen molar-refractivity contribution in [3.05, 3.63) is 21.8 Å². The topological polar surface area (TPSA) is 52.4 Å².